The number of nitrogens with zero attached hydrogens (tertiary/aromatic N) is 2. The third-order valence-corrected chi connectivity index (χ3v) is 4.81. The summed E-state index contributed by atoms with van der Waals surface area (Å²) in [5.41, 5.74) is 5.73. The van der Waals surface area contributed by atoms with Crippen LogP contribution in [0.4, 0.5) is 5.69 Å². The molecule has 0 unspecified atom stereocenters. The van der Waals surface area contributed by atoms with Crippen LogP contribution in [-0.2, 0) is 4.79 Å². The van der Waals surface area contributed by atoms with Crippen LogP contribution in [0.25, 0.3) is 11.1 Å². The maximum atomic E-state index is 12.0. The molecular formula is C19H19N3OS. The number of hydrogen-bond donors (Lipinski definition) is 1. The van der Waals surface area contributed by atoms with Crippen LogP contribution in [0, 0.1) is 13.8 Å². The van der Waals surface area contributed by atoms with E-state index in [1.54, 1.807) is 6.21 Å². The zero-order chi connectivity index (χ0) is 16.9. The molecule has 0 saturated heterocycles. The number of thioether (sulfide) groups is 1. The minimum Gasteiger partial charge on any atom is -0.325 e. The zero-order valence-electron chi connectivity index (χ0n) is 13.7. The van der Waals surface area contributed by atoms with Gasteiger partial charge in [0.15, 0.2) is 0 Å². The van der Waals surface area contributed by atoms with Crippen LogP contribution in [0.1, 0.15) is 17.5 Å². The quantitative estimate of drug-likeness (QED) is 0.897. The molecule has 2 aromatic carbocycles. The van der Waals surface area contributed by atoms with Gasteiger partial charge >= 0.3 is 0 Å². The van der Waals surface area contributed by atoms with E-state index < -0.39 is 0 Å². The van der Waals surface area contributed by atoms with Gasteiger partial charge in [0.25, 0.3) is 0 Å². The maximum absolute atomic E-state index is 12.0. The molecular weight excluding hydrogens is 318 g/mol. The molecule has 0 spiro atoms. The van der Waals surface area contributed by atoms with Crippen LogP contribution in [0.3, 0.4) is 0 Å². The molecule has 0 aliphatic carbocycles. The summed E-state index contributed by atoms with van der Waals surface area (Å²) in [6, 6.07) is 14.3. The standard InChI is InChI=1S/C19H19N3OS/c1-13-4-3-5-14(2)19(13)15-6-8-16(9-7-15)21-17(23)12-24-18-10-11-20-22-18/h3-9,11H,10,12H2,1-2H3,(H,21,23). The molecule has 1 aliphatic heterocycles. The number of benzene rings is 2. The molecule has 1 heterocycles. The van der Waals surface area contributed by atoms with E-state index in [2.05, 4.69) is 47.6 Å². The molecule has 0 saturated carbocycles. The Morgan fingerprint density at radius 2 is 1.83 bits per heavy atom. The van der Waals surface area contributed by atoms with E-state index >= 15 is 0 Å². The van der Waals surface area contributed by atoms with E-state index in [9.17, 15) is 4.79 Å². The van der Waals surface area contributed by atoms with E-state index in [-0.39, 0.29) is 5.91 Å². The fraction of sp³-hybridized carbons (Fsp3) is 0.211. The summed E-state index contributed by atoms with van der Waals surface area (Å²) in [5, 5.41) is 11.5. The normalized spacial score (nSPS) is 13.0. The highest BCUT2D eigenvalue weighted by molar-refractivity contribution is 8.14. The first-order chi connectivity index (χ1) is 11.6. The first-order valence-electron chi connectivity index (χ1n) is 7.81. The number of aryl methyl sites for hydroxylation is 2. The predicted molar refractivity (Wildman–Crippen MR) is 103 cm³/mol. The van der Waals surface area contributed by atoms with Crippen molar-refractivity contribution in [1.29, 1.82) is 0 Å². The number of anilines is 1. The van der Waals surface area contributed by atoms with Gasteiger partial charge in [-0.05, 0) is 48.2 Å². The molecule has 0 radical (unpaired) electrons. The molecule has 0 fully saturated rings. The molecule has 1 N–H and O–H groups in total. The van der Waals surface area contributed by atoms with Gasteiger partial charge in [-0.15, -0.1) is 5.10 Å². The number of amides is 1. The lowest BCUT2D eigenvalue weighted by Gasteiger charge is -2.11. The highest BCUT2D eigenvalue weighted by atomic mass is 32.2. The van der Waals surface area contributed by atoms with E-state index in [0.717, 1.165) is 22.7 Å². The monoisotopic (exact) mass is 337 g/mol. The van der Waals surface area contributed by atoms with Gasteiger partial charge < -0.3 is 5.32 Å². The zero-order valence-corrected chi connectivity index (χ0v) is 14.6. The van der Waals surface area contributed by atoms with Crippen LogP contribution in [0.15, 0.2) is 52.7 Å². The van der Waals surface area contributed by atoms with Crippen molar-refractivity contribution >= 4 is 34.6 Å². The molecule has 5 heteroatoms. The Hall–Kier alpha value is -2.40. The largest absolute Gasteiger partial charge is 0.325 e. The number of carbonyl (C=O) groups is 1. The molecule has 24 heavy (non-hydrogen) atoms. The first-order valence-corrected chi connectivity index (χ1v) is 8.80. The number of carbonyl (C=O) groups excluding carboxylic acids is 1. The Morgan fingerprint density at radius 3 is 2.46 bits per heavy atom. The molecule has 1 amide bonds. The summed E-state index contributed by atoms with van der Waals surface area (Å²) >= 11 is 1.43. The van der Waals surface area contributed by atoms with Gasteiger partial charge in [0.05, 0.1) is 5.75 Å². The summed E-state index contributed by atoms with van der Waals surface area (Å²) in [6.07, 6.45) is 2.47. The van der Waals surface area contributed by atoms with Crippen molar-refractivity contribution in [2.75, 3.05) is 11.1 Å². The summed E-state index contributed by atoms with van der Waals surface area (Å²) in [6.45, 7) is 4.23. The van der Waals surface area contributed by atoms with Gasteiger partial charge in [0.2, 0.25) is 5.91 Å². The van der Waals surface area contributed by atoms with Gasteiger partial charge in [-0.25, -0.2) is 0 Å². The third-order valence-electron chi connectivity index (χ3n) is 3.83. The van der Waals surface area contributed by atoms with E-state index in [4.69, 9.17) is 0 Å². The second kappa shape index (κ2) is 7.45. The van der Waals surface area contributed by atoms with Crippen molar-refractivity contribution in [1.82, 2.24) is 0 Å². The summed E-state index contributed by atoms with van der Waals surface area (Å²) in [7, 11) is 0. The SMILES string of the molecule is Cc1cccc(C)c1-c1ccc(NC(=O)CSC2=NN=CC2)cc1. The Bertz CT molecular complexity index is 790. The topological polar surface area (TPSA) is 53.8 Å². The highest BCUT2D eigenvalue weighted by Crippen LogP contribution is 2.28. The molecule has 3 rings (SSSR count). The van der Waals surface area contributed by atoms with Crippen LogP contribution in [0.2, 0.25) is 0 Å². The van der Waals surface area contributed by atoms with Gasteiger partial charge in [-0.2, -0.15) is 5.10 Å². The van der Waals surface area contributed by atoms with Gasteiger partial charge in [0.1, 0.15) is 5.04 Å². The predicted octanol–water partition coefficient (Wildman–Crippen LogP) is 4.43. The number of rotatable bonds is 4. The van der Waals surface area contributed by atoms with Crippen molar-refractivity contribution < 1.29 is 4.79 Å². The molecule has 0 atom stereocenters. The van der Waals surface area contributed by atoms with Crippen LogP contribution in [0.5, 0.6) is 0 Å². The highest BCUT2D eigenvalue weighted by Gasteiger charge is 2.09. The summed E-state index contributed by atoms with van der Waals surface area (Å²) in [5.74, 6) is 0.315. The van der Waals surface area contributed by atoms with Crippen LogP contribution in [-0.4, -0.2) is 22.9 Å². The van der Waals surface area contributed by atoms with Crippen LogP contribution < -0.4 is 5.32 Å². The van der Waals surface area contributed by atoms with Crippen molar-refractivity contribution in [2.24, 2.45) is 10.2 Å². The molecule has 1 aliphatic rings. The number of hydrogen-bond acceptors (Lipinski definition) is 4. The van der Waals surface area contributed by atoms with Crippen molar-refractivity contribution in [3.8, 4) is 11.1 Å². The second-order valence-corrected chi connectivity index (χ2v) is 6.73. The molecule has 2 aromatic rings. The average Bonchev–Trinajstić information content (AvgIpc) is 3.08. The van der Waals surface area contributed by atoms with Crippen molar-refractivity contribution in [2.45, 2.75) is 20.3 Å². The van der Waals surface area contributed by atoms with Gasteiger partial charge in [0, 0.05) is 18.3 Å². The minimum absolute atomic E-state index is 0.0329. The summed E-state index contributed by atoms with van der Waals surface area (Å²) in [4.78, 5) is 12.0. The smallest absolute Gasteiger partial charge is 0.234 e. The lowest BCUT2D eigenvalue weighted by atomic mass is 9.96. The third kappa shape index (κ3) is 3.92. The first kappa shape index (κ1) is 16.5. The Balaban J connectivity index is 1.63. The lowest BCUT2D eigenvalue weighted by Crippen LogP contribution is -2.15. The van der Waals surface area contributed by atoms with Gasteiger partial charge in [-0.1, -0.05) is 42.1 Å². The molecule has 0 aromatic heterocycles. The van der Waals surface area contributed by atoms with Crippen LogP contribution >= 0.6 is 11.8 Å². The average molecular weight is 337 g/mol. The molecule has 4 nitrogen and oxygen atoms in total. The van der Waals surface area contributed by atoms with E-state index in [1.807, 2.05) is 24.3 Å². The molecule has 0 bridgehead atoms. The Kier molecular flexibility index (Phi) is 5.11. The Morgan fingerprint density at radius 1 is 1.12 bits per heavy atom. The number of nitrogens with one attached hydrogen (secondary N) is 1. The minimum atomic E-state index is -0.0329. The molecule has 122 valence electrons. The Labute approximate surface area is 146 Å². The fourth-order valence-electron chi connectivity index (χ4n) is 2.69. The lowest BCUT2D eigenvalue weighted by molar-refractivity contribution is -0.113. The van der Waals surface area contributed by atoms with Crippen molar-refractivity contribution in [3.63, 3.8) is 0 Å². The fourth-order valence-corrected chi connectivity index (χ4v) is 3.36. The van der Waals surface area contributed by atoms with Gasteiger partial charge in [-0.3, -0.25) is 4.79 Å². The van der Waals surface area contributed by atoms with Crippen molar-refractivity contribution in [3.05, 3.63) is 53.6 Å². The second-order valence-electron chi connectivity index (χ2n) is 5.68. The maximum Gasteiger partial charge on any atom is 0.234 e. The summed E-state index contributed by atoms with van der Waals surface area (Å²) < 4.78 is 0. The van der Waals surface area contributed by atoms with E-state index in [1.165, 1.54) is 28.5 Å². The van der Waals surface area contributed by atoms with E-state index in [0.29, 0.717) is 5.75 Å².